The number of Topliss-reactive ketones (excluding diaryl/α,β-unsaturated/α-hetero) is 1. The predicted molar refractivity (Wildman–Crippen MR) is 119 cm³/mol. The molecule has 3 rings (SSSR count). The summed E-state index contributed by atoms with van der Waals surface area (Å²) in [7, 11) is 0. The Morgan fingerprint density at radius 1 is 0.897 bits per heavy atom. The molecular weight excluding hydrogens is 402 g/mol. The lowest BCUT2D eigenvalue weighted by atomic mass is 10.0. The predicted octanol–water partition coefficient (Wildman–Crippen LogP) is 4.60. The summed E-state index contributed by atoms with van der Waals surface area (Å²) in [6.45, 7) is 0. The van der Waals surface area contributed by atoms with Crippen LogP contribution in [-0.4, -0.2) is 29.2 Å². The molecule has 1 atom stereocenters. The highest BCUT2D eigenvalue weighted by Gasteiger charge is 2.21. The van der Waals surface area contributed by atoms with Crippen molar-refractivity contribution in [1.82, 2.24) is 5.32 Å². The largest absolute Gasteiger partial charge is 0.468 e. The zero-order valence-corrected chi connectivity index (χ0v) is 17.6. The van der Waals surface area contributed by atoms with Crippen LogP contribution in [-0.2, 0) is 21.8 Å². The van der Waals surface area contributed by atoms with E-state index in [1.165, 1.54) is 23.5 Å². The fourth-order valence-electron chi connectivity index (χ4n) is 2.74. The molecule has 0 aliphatic carbocycles. The van der Waals surface area contributed by atoms with Crippen LogP contribution in [0.3, 0.4) is 0 Å². The molecule has 0 saturated heterocycles. The summed E-state index contributed by atoms with van der Waals surface area (Å²) in [6.07, 6.45) is 2.11. The standard InChI is InChI=1S/C23H23NO3S2/c25-22(16-28-15-19-10-7-13-27-19)21(14-18-8-3-1-4-9-18)24-23(26)17-29-20-11-5-2-6-12-20/h1-13,21H,14-17H2,(H,24,26)/t21-/m0/s1. The van der Waals surface area contributed by atoms with Gasteiger partial charge in [0.1, 0.15) is 5.76 Å². The lowest BCUT2D eigenvalue weighted by molar-refractivity contribution is -0.125. The van der Waals surface area contributed by atoms with Crippen LogP contribution < -0.4 is 5.32 Å². The van der Waals surface area contributed by atoms with Gasteiger partial charge in [-0.2, -0.15) is 0 Å². The van der Waals surface area contributed by atoms with Crippen LogP contribution in [0.15, 0.2) is 88.4 Å². The Bertz CT molecular complexity index is 883. The van der Waals surface area contributed by atoms with Crippen LogP contribution in [0.2, 0.25) is 0 Å². The molecule has 0 saturated carbocycles. The topological polar surface area (TPSA) is 59.3 Å². The average molecular weight is 426 g/mol. The SMILES string of the molecule is O=C(CSc1ccccc1)N[C@@H](Cc1ccccc1)C(=O)CSCc1ccco1. The lowest BCUT2D eigenvalue weighted by Gasteiger charge is -2.18. The number of hydrogen-bond acceptors (Lipinski definition) is 5. The second kappa shape index (κ2) is 11.5. The van der Waals surface area contributed by atoms with Crippen molar-refractivity contribution in [2.75, 3.05) is 11.5 Å². The van der Waals surface area contributed by atoms with Crippen LogP contribution in [0.4, 0.5) is 0 Å². The van der Waals surface area contributed by atoms with Crippen molar-refractivity contribution in [2.45, 2.75) is 23.1 Å². The first-order chi connectivity index (χ1) is 14.2. The monoisotopic (exact) mass is 425 g/mol. The quantitative estimate of drug-likeness (QED) is 0.455. The Morgan fingerprint density at radius 2 is 1.62 bits per heavy atom. The van der Waals surface area contributed by atoms with Crippen molar-refractivity contribution in [3.63, 3.8) is 0 Å². The van der Waals surface area contributed by atoms with Gasteiger partial charge in [0.05, 0.1) is 29.6 Å². The third-order valence-corrected chi connectivity index (χ3v) is 6.18. The maximum atomic E-state index is 12.8. The molecule has 0 spiro atoms. The van der Waals surface area contributed by atoms with Gasteiger partial charge in [-0.3, -0.25) is 9.59 Å². The summed E-state index contributed by atoms with van der Waals surface area (Å²) in [6, 6.07) is 22.7. The Balaban J connectivity index is 1.55. The number of thioether (sulfide) groups is 2. The van der Waals surface area contributed by atoms with Gasteiger partial charge in [-0.05, 0) is 36.2 Å². The van der Waals surface area contributed by atoms with Crippen molar-refractivity contribution < 1.29 is 14.0 Å². The Kier molecular flexibility index (Phi) is 8.46. The van der Waals surface area contributed by atoms with Gasteiger partial charge in [-0.1, -0.05) is 48.5 Å². The first kappa shape index (κ1) is 21.3. The van der Waals surface area contributed by atoms with Gasteiger partial charge < -0.3 is 9.73 Å². The number of hydrogen-bond donors (Lipinski definition) is 1. The van der Waals surface area contributed by atoms with E-state index in [1.807, 2.05) is 72.8 Å². The normalized spacial score (nSPS) is 11.7. The molecule has 4 nitrogen and oxygen atoms in total. The minimum absolute atomic E-state index is 0.0171. The molecule has 0 aliphatic heterocycles. The minimum atomic E-state index is -0.537. The summed E-state index contributed by atoms with van der Waals surface area (Å²) in [4.78, 5) is 26.3. The molecule has 1 heterocycles. The van der Waals surface area contributed by atoms with E-state index < -0.39 is 6.04 Å². The second-order valence-electron chi connectivity index (χ2n) is 6.45. The molecule has 2 aromatic carbocycles. The number of ketones is 1. The number of carbonyl (C=O) groups is 2. The Hall–Kier alpha value is -2.44. The van der Waals surface area contributed by atoms with Gasteiger partial charge in [0.2, 0.25) is 5.91 Å². The minimum Gasteiger partial charge on any atom is -0.468 e. The maximum Gasteiger partial charge on any atom is 0.230 e. The van der Waals surface area contributed by atoms with E-state index in [9.17, 15) is 9.59 Å². The van der Waals surface area contributed by atoms with E-state index in [2.05, 4.69) is 5.32 Å². The number of nitrogens with one attached hydrogen (secondary N) is 1. The zero-order chi connectivity index (χ0) is 20.3. The van der Waals surface area contributed by atoms with Gasteiger partial charge in [-0.25, -0.2) is 0 Å². The molecule has 3 aromatic rings. The molecule has 1 N–H and O–H groups in total. The lowest BCUT2D eigenvalue weighted by Crippen LogP contribution is -2.44. The first-order valence-corrected chi connectivity index (χ1v) is 11.5. The van der Waals surface area contributed by atoms with E-state index >= 15 is 0 Å². The number of carbonyl (C=O) groups excluding carboxylic acids is 2. The molecule has 150 valence electrons. The van der Waals surface area contributed by atoms with E-state index in [0.717, 1.165) is 16.2 Å². The number of benzene rings is 2. The van der Waals surface area contributed by atoms with Crippen molar-refractivity contribution in [2.24, 2.45) is 0 Å². The summed E-state index contributed by atoms with van der Waals surface area (Å²) < 4.78 is 5.31. The molecule has 29 heavy (non-hydrogen) atoms. The second-order valence-corrected chi connectivity index (χ2v) is 8.48. The Morgan fingerprint density at radius 3 is 2.31 bits per heavy atom. The van der Waals surface area contributed by atoms with Gasteiger partial charge >= 0.3 is 0 Å². The molecule has 0 unspecified atom stereocenters. The highest BCUT2D eigenvalue weighted by molar-refractivity contribution is 8.00. The van der Waals surface area contributed by atoms with E-state index in [1.54, 1.807) is 6.26 Å². The Labute approximate surface area is 179 Å². The van der Waals surface area contributed by atoms with Gasteiger partial charge in [0.25, 0.3) is 0 Å². The van der Waals surface area contributed by atoms with Gasteiger partial charge in [0.15, 0.2) is 5.78 Å². The molecule has 0 fully saturated rings. The van der Waals surface area contributed by atoms with Crippen LogP contribution in [0.5, 0.6) is 0 Å². The molecule has 0 bridgehead atoms. The molecular formula is C23H23NO3S2. The van der Waals surface area contributed by atoms with Crippen LogP contribution in [0.1, 0.15) is 11.3 Å². The molecule has 0 aliphatic rings. The number of rotatable bonds is 11. The van der Waals surface area contributed by atoms with E-state index in [0.29, 0.717) is 17.9 Å². The smallest absolute Gasteiger partial charge is 0.230 e. The maximum absolute atomic E-state index is 12.8. The van der Waals surface area contributed by atoms with Crippen LogP contribution in [0, 0.1) is 0 Å². The van der Waals surface area contributed by atoms with Crippen molar-refractivity contribution in [3.05, 3.63) is 90.4 Å². The average Bonchev–Trinajstić information content (AvgIpc) is 3.27. The summed E-state index contributed by atoms with van der Waals surface area (Å²) in [5, 5.41) is 2.93. The number of furan rings is 1. The molecule has 1 amide bonds. The molecule has 6 heteroatoms. The van der Waals surface area contributed by atoms with E-state index in [4.69, 9.17) is 4.42 Å². The van der Waals surface area contributed by atoms with Crippen molar-refractivity contribution >= 4 is 35.2 Å². The summed E-state index contributed by atoms with van der Waals surface area (Å²) in [5.74, 6) is 1.96. The van der Waals surface area contributed by atoms with Crippen LogP contribution in [0.25, 0.3) is 0 Å². The highest BCUT2D eigenvalue weighted by atomic mass is 32.2. The number of amides is 1. The molecule has 1 aromatic heterocycles. The fraction of sp³-hybridized carbons (Fsp3) is 0.217. The fourth-order valence-corrected chi connectivity index (χ4v) is 4.34. The van der Waals surface area contributed by atoms with Crippen molar-refractivity contribution in [3.8, 4) is 0 Å². The first-order valence-electron chi connectivity index (χ1n) is 9.34. The highest BCUT2D eigenvalue weighted by Crippen LogP contribution is 2.17. The zero-order valence-electron chi connectivity index (χ0n) is 16.0. The third kappa shape index (κ3) is 7.48. The third-order valence-electron chi connectivity index (χ3n) is 4.19. The summed E-state index contributed by atoms with van der Waals surface area (Å²) in [5.41, 5.74) is 1.03. The molecule has 0 radical (unpaired) electrons. The van der Waals surface area contributed by atoms with Gasteiger partial charge in [0, 0.05) is 4.90 Å². The van der Waals surface area contributed by atoms with Gasteiger partial charge in [-0.15, -0.1) is 23.5 Å². The van der Waals surface area contributed by atoms with Crippen molar-refractivity contribution in [1.29, 1.82) is 0 Å². The summed E-state index contributed by atoms with van der Waals surface area (Å²) >= 11 is 2.96. The van der Waals surface area contributed by atoms with E-state index in [-0.39, 0.29) is 17.4 Å². The van der Waals surface area contributed by atoms with Crippen LogP contribution >= 0.6 is 23.5 Å².